The normalized spacial score (nSPS) is 17.0. The molecule has 1 fully saturated rings. The van der Waals surface area contributed by atoms with Crippen LogP contribution in [-0.4, -0.2) is 17.6 Å². The minimum Gasteiger partial charge on any atom is -0.546 e. The number of carboxylic acids is 1. The zero-order valence-corrected chi connectivity index (χ0v) is 21.9. The van der Waals surface area contributed by atoms with Gasteiger partial charge in [-0.25, -0.2) is 4.98 Å². The van der Waals surface area contributed by atoms with Crippen LogP contribution in [0, 0.1) is 5.92 Å². The molecule has 0 radical (unpaired) electrons. The molecule has 0 amide bonds. The van der Waals surface area contributed by atoms with E-state index in [9.17, 15) is 9.90 Å². The van der Waals surface area contributed by atoms with E-state index in [1.165, 1.54) is 0 Å². The summed E-state index contributed by atoms with van der Waals surface area (Å²) in [5.74, 6) is 1.54. The van der Waals surface area contributed by atoms with Gasteiger partial charge in [0.15, 0.2) is 11.7 Å². The molecule has 0 N–H and O–H groups in total. The zero-order chi connectivity index (χ0) is 23.3. The predicted molar refractivity (Wildman–Crippen MR) is 128 cm³/mol. The van der Waals surface area contributed by atoms with Gasteiger partial charge in [0, 0.05) is 17.0 Å². The molecule has 0 aliphatic heterocycles. The number of ether oxygens (including phenoxy) is 1. The Hall–Kier alpha value is -2.86. The summed E-state index contributed by atoms with van der Waals surface area (Å²) >= 11 is 0. The molecule has 1 aliphatic carbocycles. The van der Waals surface area contributed by atoms with Gasteiger partial charge in [0.1, 0.15) is 18.1 Å². The van der Waals surface area contributed by atoms with E-state index in [0.29, 0.717) is 11.7 Å². The Labute approximate surface area is 227 Å². The summed E-state index contributed by atoms with van der Waals surface area (Å²) in [6.45, 7) is -0.448. The van der Waals surface area contributed by atoms with E-state index in [2.05, 4.69) is 30.3 Å². The second-order valence-electron chi connectivity index (χ2n) is 8.77. The van der Waals surface area contributed by atoms with Gasteiger partial charge in [-0.1, -0.05) is 79.2 Å². The Morgan fingerprint density at radius 1 is 0.943 bits per heavy atom. The molecule has 1 saturated carbocycles. The van der Waals surface area contributed by atoms with Crippen molar-refractivity contribution in [2.45, 2.75) is 31.6 Å². The van der Waals surface area contributed by atoms with Crippen LogP contribution >= 0.6 is 0 Å². The molecule has 2 unspecified atom stereocenters. The first-order valence-corrected chi connectivity index (χ1v) is 11.7. The molecule has 3 aromatic carbocycles. The number of oxazole rings is 1. The van der Waals surface area contributed by atoms with Crippen LogP contribution in [0.1, 0.15) is 36.6 Å². The summed E-state index contributed by atoms with van der Waals surface area (Å²) in [5, 5.41) is 10.7. The van der Waals surface area contributed by atoms with E-state index in [1.807, 2.05) is 48.5 Å². The predicted octanol–water partition coefficient (Wildman–Crippen LogP) is 2.27. The number of rotatable bonds is 8. The standard InChI is InChI=1S/C29H27NO4.Na/c31-26(32)19-33-24-15-7-9-20(18-24)17-23-14-8-16-25(23)29-30-27(21-10-3-1-4-11-21)28(34-29)22-12-5-2-6-13-22;/h1-7,9-13,15,18,23,25H,8,14,16-17,19H2,(H,31,32);/q;+1/p-1. The van der Waals surface area contributed by atoms with Crippen molar-refractivity contribution < 1.29 is 48.6 Å². The monoisotopic (exact) mass is 475 g/mol. The Morgan fingerprint density at radius 3 is 2.37 bits per heavy atom. The third-order valence-electron chi connectivity index (χ3n) is 6.46. The molecule has 1 aromatic heterocycles. The first-order valence-electron chi connectivity index (χ1n) is 11.7. The van der Waals surface area contributed by atoms with Crippen LogP contribution in [0.25, 0.3) is 22.6 Å². The molecular weight excluding hydrogens is 449 g/mol. The molecule has 2 atom stereocenters. The Bertz CT molecular complexity index is 1200. The van der Waals surface area contributed by atoms with Crippen molar-refractivity contribution in [1.29, 1.82) is 0 Å². The quantitative estimate of drug-likeness (QED) is 0.366. The van der Waals surface area contributed by atoms with Gasteiger partial charge in [-0.15, -0.1) is 0 Å². The SMILES string of the molecule is O=C([O-])COc1cccc(CC2CCCC2c2nc(-c3ccccc3)c(-c3ccccc3)o2)c1.[Na+]. The maximum absolute atomic E-state index is 10.7. The zero-order valence-electron chi connectivity index (χ0n) is 19.9. The number of aliphatic carboxylic acids is 1. The summed E-state index contributed by atoms with van der Waals surface area (Å²) in [6.07, 6.45) is 4.11. The second-order valence-corrected chi connectivity index (χ2v) is 8.77. The fourth-order valence-corrected chi connectivity index (χ4v) is 4.89. The fourth-order valence-electron chi connectivity index (χ4n) is 4.89. The summed E-state index contributed by atoms with van der Waals surface area (Å²) in [7, 11) is 0. The van der Waals surface area contributed by atoms with Gasteiger partial charge in [0.05, 0.1) is 5.97 Å². The maximum Gasteiger partial charge on any atom is 1.00 e. The third kappa shape index (κ3) is 6.04. The topological polar surface area (TPSA) is 75.4 Å². The van der Waals surface area contributed by atoms with E-state index < -0.39 is 12.6 Å². The van der Waals surface area contributed by atoms with Crippen LogP contribution in [0.4, 0.5) is 0 Å². The third-order valence-corrected chi connectivity index (χ3v) is 6.46. The maximum atomic E-state index is 10.7. The van der Waals surface area contributed by atoms with Crippen LogP contribution in [0.2, 0.25) is 0 Å². The van der Waals surface area contributed by atoms with Gasteiger partial charge in [-0.2, -0.15) is 0 Å². The molecule has 0 spiro atoms. The number of hydrogen-bond acceptors (Lipinski definition) is 5. The molecule has 5 rings (SSSR count). The van der Waals surface area contributed by atoms with Crippen molar-refractivity contribution in [2.75, 3.05) is 6.61 Å². The molecule has 1 aliphatic rings. The van der Waals surface area contributed by atoms with Gasteiger partial charge in [-0.05, 0) is 42.9 Å². The van der Waals surface area contributed by atoms with Crippen LogP contribution in [0.5, 0.6) is 5.75 Å². The minimum atomic E-state index is -1.23. The summed E-state index contributed by atoms with van der Waals surface area (Å²) in [6, 6.07) is 28.0. The van der Waals surface area contributed by atoms with Crippen LogP contribution in [0.3, 0.4) is 0 Å². The number of aromatic nitrogens is 1. The van der Waals surface area contributed by atoms with Crippen molar-refractivity contribution >= 4 is 5.97 Å². The van der Waals surface area contributed by atoms with Crippen LogP contribution in [-0.2, 0) is 11.2 Å². The van der Waals surface area contributed by atoms with Crippen molar-refractivity contribution in [3.05, 3.63) is 96.4 Å². The average molecular weight is 476 g/mol. The van der Waals surface area contributed by atoms with Crippen LogP contribution in [0.15, 0.2) is 89.3 Å². The summed E-state index contributed by atoms with van der Waals surface area (Å²) < 4.78 is 11.8. The van der Waals surface area contributed by atoms with E-state index in [0.717, 1.165) is 59.7 Å². The van der Waals surface area contributed by atoms with Gasteiger partial charge < -0.3 is 19.1 Å². The minimum absolute atomic E-state index is 0. The molecule has 172 valence electrons. The molecule has 5 nitrogen and oxygen atoms in total. The molecule has 35 heavy (non-hydrogen) atoms. The molecule has 0 bridgehead atoms. The van der Waals surface area contributed by atoms with Crippen molar-refractivity contribution in [3.8, 4) is 28.3 Å². The average Bonchev–Trinajstić information content (AvgIpc) is 3.51. The van der Waals surface area contributed by atoms with Crippen molar-refractivity contribution in [3.63, 3.8) is 0 Å². The number of carbonyl (C=O) groups is 1. The van der Waals surface area contributed by atoms with Gasteiger partial charge in [0.2, 0.25) is 0 Å². The first kappa shape index (κ1) is 25.2. The number of carbonyl (C=O) groups excluding carboxylic acids is 1. The number of carboxylic acid groups (broad SMARTS) is 1. The van der Waals surface area contributed by atoms with Gasteiger partial charge in [0.25, 0.3) is 0 Å². The van der Waals surface area contributed by atoms with E-state index >= 15 is 0 Å². The molecule has 0 saturated heterocycles. The van der Waals surface area contributed by atoms with Gasteiger partial charge >= 0.3 is 29.6 Å². The Morgan fingerprint density at radius 2 is 1.66 bits per heavy atom. The molecule has 4 aromatic rings. The first-order chi connectivity index (χ1) is 16.7. The number of benzene rings is 3. The smallest absolute Gasteiger partial charge is 0.546 e. The largest absolute Gasteiger partial charge is 1.00 e. The van der Waals surface area contributed by atoms with E-state index in [4.69, 9.17) is 14.1 Å². The molecule has 1 heterocycles. The van der Waals surface area contributed by atoms with Crippen LogP contribution < -0.4 is 39.4 Å². The van der Waals surface area contributed by atoms with Crippen molar-refractivity contribution in [2.24, 2.45) is 5.92 Å². The van der Waals surface area contributed by atoms with E-state index in [-0.39, 0.29) is 35.5 Å². The Kier molecular flexibility index (Phi) is 8.45. The molecular formula is C29H26NNaO4. The second kappa shape index (κ2) is 11.7. The summed E-state index contributed by atoms with van der Waals surface area (Å²) in [4.78, 5) is 15.8. The molecule has 6 heteroatoms. The van der Waals surface area contributed by atoms with Crippen molar-refractivity contribution in [1.82, 2.24) is 4.98 Å². The fraction of sp³-hybridized carbons (Fsp3) is 0.241. The van der Waals surface area contributed by atoms with E-state index in [1.54, 1.807) is 6.07 Å². The Balaban J connectivity index is 0.00000289. The number of nitrogens with zero attached hydrogens (tertiary/aromatic N) is 1. The summed E-state index contributed by atoms with van der Waals surface area (Å²) in [5.41, 5.74) is 4.06. The van der Waals surface area contributed by atoms with Gasteiger partial charge in [-0.3, -0.25) is 0 Å². The number of hydrogen-bond donors (Lipinski definition) is 0.